The normalized spacial score (nSPS) is 18.7. The lowest BCUT2D eigenvalue weighted by Crippen LogP contribution is -2.45. The molecule has 170 valence electrons. The summed E-state index contributed by atoms with van der Waals surface area (Å²) in [6.07, 6.45) is 2.28. The number of benzene rings is 1. The zero-order valence-corrected chi connectivity index (χ0v) is 19.0. The van der Waals surface area contributed by atoms with E-state index in [-0.39, 0.29) is 35.0 Å². The number of alkyl halides is 2. The molecule has 0 bridgehead atoms. The maximum absolute atomic E-state index is 13.9. The molecule has 2 aromatic heterocycles. The first-order valence-corrected chi connectivity index (χ1v) is 12.2. The molecular formula is C21H21ClF2N4O3S. The highest BCUT2D eigenvalue weighted by atomic mass is 35.5. The third-order valence-electron chi connectivity index (χ3n) is 5.45. The van der Waals surface area contributed by atoms with Gasteiger partial charge in [-0.05, 0) is 31.0 Å². The minimum atomic E-state index is -3.48. The van der Waals surface area contributed by atoms with E-state index >= 15 is 0 Å². The second kappa shape index (κ2) is 8.17. The van der Waals surface area contributed by atoms with Crippen LogP contribution >= 0.6 is 11.6 Å². The van der Waals surface area contributed by atoms with Gasteiger partial charge in [0.05, 0.1) is 11.4 Å². The summed E-state index contributed by atoms with van der Waals surface area (Å²) in [6.45, 7) is 1.69. The highest BCUT2D eigenvalue weighted by Crippen LogP contribution is 2.31. The van der Waals surface area contributed by atoms with Gasteiger partial charge < -0.3 is 5.32 Å². The standard InChI is InChI=1S/C21H21ClF2N4O3S/c1-12-26-9-14-5-17(16-4-3-15(6-18(16)22)32(2,30)31)20(29)28(19(14)27-12)10-13-7-21(23,24)11-25-8-13/h3-6,9,13,25H,7-8,10-11H2,1-2H3. The van der Waals surface area contributed by atoms with Crippen LogP contribution in [0.4, 0.5) is 8.78 Å². The lowest BCUT2D eigenvalue weighted by atomic mass is 9.96. The molecule has 1 aliphatic heterocycles. The Hall–Kier alpha value is -2.43. The SMILES string of the molecule is Cc1ncc2cc(-c3ccc(S(C)(=O)=O)cc3Cl)c(=O)n(CC3CNCC(F)(F)C3)c2n1. The molecule has 1 saturated heterocycles. The number of piperidine rings is 1. The predicted octanol–water partition coefficient (Wildman–Crippen LogP) is 3.07. The lowest BCUT2D eigenvalue weighted by Gasteiger charge is -2.30. The maximum Gasteiger partial charge on any atom is 0.260 e. The molecule has 4 rings (SSSR count). The van der Waals surface area contributed by atoms with Crippen molar-refractivity contribution >= 4 is 32.5 Å². The number of hydrogen-bond acceptors (Lipinski definition) is 6. The van der Waals surface area contributed by atoms with Gasteiger partial charge in [0, 0.05) is 53.5 Å². The van der Waals surface area contributed by atoms with Crippen LogP contribution in [0.25, 0.3) is 22.2 Å². The van der Waals surface area contributed by atoms with Crippen LogP contribution < -0.4 is 10.9 Å². The van der Waals surface area contributed by atoms with Crippen LogP contribution in [0.5, 0.6) is 0 Å². The van der Waals surface area contributed by atoms with Crippen molar-refractivity contribution in [3.63, 3.8) is 0 Å². The molecule has 1 unspecified atom stereocenters. The van der Waals surface area contributed by atoms with Crippen LogP contribution in [0.15, 0.2) is 40.2 Å². The summed E-state index contributed by atoms with van der Waals surface area (Å²) in [7, 11) is -3.48. The Morgan fingerprint density at radius 2 is 2.03 bits per heavy atom. The van der Waals surface area contributed by atoms with E-state index in [0.29, 0.717) is 29.0 Å². The number of halogens is 3. The average Bonchev–Trinajstić information content (AvgIpc) is 2.69. The van der Waals surface area contributed by atoms with E-state index in [1.54, 1.807) is 19.2 Å². The first-order valence-electron chi connectivity index (χ1n) is 9.90. The molecule has 1 aliphatic rings. The molecule has 1 N–H and O–H groups in total. The van der Waals surface area contributed by atoms with Gasteiger partial charge in [0.2, 0.25) is 0 Å². The monoisotopic (exact) mass is 482 g/mol. The summed E-state index contributed by atoms with van der Waals surface area (Å²) < 4.78 is 52.9. The minimum absolute atomic E-state index is 0.0295. The third-order valence-corrected chi connectivity index (χ3v) is 6.87. The van der Waals surface area contributed by atoms with E-state index in [2.05, 4.69) is 15.3 Å². The molecule has 1 aromatic carbocycles. The number of nitrogens with one attached hydrogen (secondary N) is 1. The molecule has 0 saturated carbocycles. The molecule has 1 fully saturated rings. The fraction of sp³-hybridized carbons (Fsp3) is 0.381. The van der Waals surface area contributed by atoms with Crippen LogP contribution in [-0.4, -0.2) is 48.2 Å². The Morgan fingerprint density at radius 3 is 2.69 bits per heavy atom. The second-order valence-electron chi connectivity index (χ2n) is 8.14. The van der Waals surface area contributed by atoms with Crippen LogP contribution in [-0.2, 0) is 16.4 Å². The molecule has 1 atom stereocenters. The van der Waals surface area contributed by atoms with Crippen LogP contribution in [0.1, 0.15) is 12.2 Å². The van der Waals surface area contributed by atoms with Gasteiger partial charge in [-0.3, -0.25) is 9.36 Å². The second-order valence-corrected chi connectivity index (χ2v) is 10.6. The number of hydrogen-bond donors (Lipinski definition) is 1. The van der Waals surface area contributed by atoms with Gasteiger partial charge in [-0.1, -0.05) is 17.7 Å². The number of rotatable bonds is 4. The third kappa shape index (κ3) is 4.53. The van der Waals surface area contributed by atoms with E-state index in [4.69, 9.17) is 11.6 Å². The molecule has 32 heavy (non-hydrogen) atoms. The first kappa shape index (κ1) is 22.8. The molecule has 0 amide bonds. The largest absolute Gasteiger partial charge is 0.311 e. The Kier molecular flexibility index (Phi) is 5.81. The molecule has 0 spiro atoms. The average molecular weight is 483 g/mol. The molecule has 11 heteroatoms. The van der Waals surface area contributed by atoms with E-state index in [0.717, 1.165) is 6.26 Å². The fourth-order valence-electron chi connectivity index (χ4n) is 3.96. The number of pyridine rings is 1. The Labute approximate surface area is 188 Å². The van der Waals surface area contributed by atoms with Crippen molar-refractivity contribution in [1.82, 2.24) is 19.9 Å². The van der Waals surface area contributed by atoms with Crippen molar-refractivity contribution in [2.24, 2.45) is 5.92 Å². The number of nitrogens with zero attached hydrogens (tertiary/aromatic N) is 3. The zero-order chi connectivity index (χ0) is 23.3. The molecule has 3 heterocycles. The highest BCUT2D eigenvalue weighted by molar-refractivity contribution is 7.90. The van der Waals surface area contributed by atoms with Crippen molar-refractivity contribution in [3.8, 4) is 11.1 Å². The fourth-order valence-corrected chi connectivity index (χ4v) is 4.96. The van der Waals surface area contributed by atoms with Crippen molar-refractivity contribution in [2.75, 3.05) is 19.3 Å². The summed E-state index contributed by atoms with van der Waals surface area (Å²) in [4.78, 5) is 22.1. The number of sulfone groups is 1. The summed E-state index contributed by atoms with van der Waals surface area (Å²) in [5.74, 6) is -2.88. The van der Waals surface area contributed by atoms with Crippen molar-refractivity contribution < 1.29 is 17.2 Å². The van der Waals surface area contributed by atoms with E-state index in [1.807, 2.05) is 0 Å². The maximum atomic E-state index is 13.9. The smallest absolute Gasteiger partial charge is 0.260 e. The van der Waals surface area contributed by atoms with E-state index in [9.17, 15) is 22.0 Å². The van der Waals surface area contributed by atoms with Crippen LogP contribution in [0.2, 0.25) is 5.02 Å². The van der Waals surface area contributed by atoms with E-state index < -0.39 is 27.2 Å². The minimum Gasteiger partial charge on any atom is -0.311 e. The van der Waals surface area contributed by atoms with Crippen LogP contribution in [0, 0.1) is 12.8 Å². The molecule has 3 aromatic rings. The van der Waals surface area contributed by atoms with Gasteiger partial charge in [-0.2, -0.15) is 0 Å². The Balaban J connectivity index is 1.88. The number of aromatic nitrogens is 3. The van der Waals surface area contributed by atoms with Gasteiger partial charge in [0.1, 0.15) is 11.5 Å². The zero-order valence-electron chi connectivity index (χ0n) is 17.4. The van der Waals surface area contributed by atoms with Crippen LogP contribution in [0.3, 0.4) is 0 Å². The van der Waals surface area contributed by atoms with E-state index in [1.165, 1.54) is 22.8 Å². The Morgan fingerprint density at radius 1 is 1.28 bits per heavy atom. The van der Waals surface area contributed by atoms with Crippen molar-refractivity contribution in [2.45, 2.75) is 30.7 Å². The predicted molar refractivity (Wildman–Crippen MR) is 118 cm³/mol. The van der Waals surface area contributed by atoms with Crippen molar-refractivity contribution in [3.05, 3.63) is 51.7 Å². The molecule has 7 nitrogen and oxygen atoms in total. The van der Waals surface area contributed by atoms with Crippen molar-refractivity contribution in [1.29, 1.82) is 0 Å². The molecular weight excluding hydrogens is 462 g/mol. The lowest BCUT2D eigenvalue weighted by molar-refractivity contribution is -0.0415. The van der Waals surface area contributed by atoms with Gasteiger partial charge in [-0.15, -0.1) is 0 Å². The summed E-state index contributed by atoms with van der Waals surface area (Å²) >= 11 is 6.35. The van der Waals surface area contributed by atoms with Gasteiger partial charge >= 0.3 is 0 Å². The molecule has 0 aliphatic carbocycles. The van der Waals surface area contributed by atoms with Gasteiger partial charge in [0.15, 0.2) is 9.84 Å². The molecule has 0 radical (unpaired) electrons. The Bertz CT molecular complexity index is 1380. The number of fused-ring (bicyclic) bond motifs is 1. The first-order chi connectivity index (χ1) is 14.9. The quantitative estimate of drug-likeness (QED) is 0.614. The topological polar surface area (TPSA) is 94.0 Å². The summed E-state index contributed by atoms with van der Waals surface area (Å²) in [6, 6.07) is 5.72. The highest BCUT2D eigenvalue weighted by Gasteiger charge is 2.36. The van der Waals surface area contributed by atoms with Gasteiger partial charge in [-0.25, -0.2) is 27.2 Å². The number of aryl methyl sites for hydroxylation is 1. The summed E-state index contributed by atoms with van der Waals surface area (Å²) in [5.41, 5.74) is 0.459. The van der Waals surface area contributed by atoms with Gasteiger partial charge in [0.25, 0.3) is 11.5 Å². The summed E-state index contributed by atoms with van der Waals surface area (Å²) in [5, 5.41) is 3.36.